The largest absolute Gasteiger partial charge is 0.481 e. The molecule has 0 heterocycles. The second-order valence-corrected chi connectivity index (χ2v) is 5.58. The molecule has 13 heavy (non-hydrogen) atoms. The van der Waals surface area contributed by atoms with Gasteiger partial charge in [-0.3, -0.25) is 9.00 Å². The number of hydrogen-bond donors (Lipinski definition) is 1. The molecule has 0 aliphatic rings. The molecule has 0 fully saturated rings. The molecule has 0 amide bonds. The lowest BCUT2D eigenvalue weighted by Crippen LogP contribution is -2.31. The summed E-state index contributed by atoms with van der Waals surface area (Å²) in [6, 6.07) is 0. The Morgan fingerprint density at radius 2 is 1.85 bits per heavy atom. The molecule has 0 aromatic rings. The van der Waals surface area contributed by atoms with E-state index >= 15 is 0 Å². The van der Waals surface area contributed by atoms with Crippen molar-refractivity contribution in [3.63, 3.8) is 0 Å². The van der Waals surface area contributed by atoms with Gasteiger partial charge in [0.2, 0.25) is 0 Å². The predicted molar refractivity (Wildman–Crippen MR) is 54.2 cm³/mol. The maximum absolute atomic E-state index is 11.7. The fourth-order valence-electron chi connectivity index (χ4n) is 0.933. The van der Waals surface area contributed by atoms with Crippen LogP contribution in [0.25, 0.3) is 0 Å². The zero-order valence-electron chi connectivity index (χ0n) is 8.61. The van der Waals surface area contributed by atoms with E-state index in [-0.39, 0.29) is 10.5 Å². The van der Waals surface area contributed by atoms with Crippen molar-refractivity contribution in [3.8, 4) is 0 Å². The topological polar surface area (TPSA) is 54.4 Å². The van der Waals surface area contributed by atoms with E-state index < -0.39 is 22.7 Å². The fourth-order valence-corrected chi connectivity index (χ4v) is 2.51. The number of hydrogen-bond acceptors (Lipinski definition) is 2. The lowest BCUT2D eigenvalue weighted by Gasteiger charge is -2.19. The number of rotatable bonds is 5. The van der Waals surface area contributed by atoms with Crippen molar-refractivity contribution >= 4 is 16.8 Å². The average molecular weight is 206 g/mol. The molecule has 78 valence electrons. The third kappa shape index (κ3) is 3.46. The number of carboxylic acid groups (broad SMARTS) is 1. The van der Waals surface area contributed by atoms with Crippen LogP contribution in [0.2, 0.25) is 0 Å². The van der Waals surface area contributed by atoms with Gasteiger partial charge in [0.1, 0.15) is 0 Å². The molecule has 0 saturated heterocycles. The Morgan fingerprint density at radius 1 is 1.38 bits per heavy atom. The molecule has 4 heteroatoms. The van der Waals surface area contributed by atoms with Crippen LogP contribution in [-0.4, -0.2) is 25.8 Å². The van der Waals surface area contributed by atoms with Crippen molar-refractivity contribution in [2.75, 3.05) is 0 Å². The average Bonchev–Trinajstić information content (AvgIpc) is 2.12. The van der Waals surface area contributed by atoms with E-state index in [0.29, 0.717) is 0 Å². The lowest BCUT2D eigenvalue weighted by molar-refractivity contribution is -0.141. The van der Waals surface area contributed by atoms with Gasteiger partial charge in [-0.2, -0.15) is 0 Å². The van der Waals surface area contributed by atoms with Crippen LogP contribution in [0.4, 0.5) is 0 Å². The quantitative estimate of drug-likeness (QED) is 0.744. The van der Waals surface area contributed by atoms with Gasteiger partial charge in [-0.25, -0.2) is 0 Å². The first kappa shape index (κ1) is 12.6. The molecule has 0 aliphatic heterocycles. The van der Waals surface area contributed by atoms with Gasteiger partial charge < -0.3 is 5.11 Å². The number of carbonyl (C=O) groups is 1. The van der Waals surface area contributed by atoms with Crippen LogP contribution in [0.1, 0.15) is 34.1 Å². The highest BCUT2D eigenvalue weighted by Crippen LogP contribution is 2.15. The SMILES string of the molecule is CCC(C)S(=O)C(C)C(C)C(=O)O. The molecular weight excluding hydrogens is 188 g/mol. The van der Waals surface area contributed by atoms with Crippen molar-refractivity contribution in [1.82, 2.24) is 0 Å². The Bertz CT molecular complexity index is 203. The molecule has 0 bridgehead atoms. The van der Waals surface area contributed by atoms with E-state index in [2.05, 4.69) is 0 Å². The van der Waals surface area contributed by atoms with Crippen molar-refractivity contribution in [2.24, 2.45) is 5.92 Å². The second-order valence-electron chi connectivity index (χ2n) is 3.38. The Morgan fingerprint density at radius 3 is 2.15 bits per heavy atom. The van der Waals surface area contributed by atoms with Gasteiger partial charge in [0.25, 0.3) is 0 Å². The zero-order valence-corrected chi connectivity index (χ0v) is 9.43. The summed E-state index contributed by atoms with van der Waals surface area (Å²) in [7, 11) is -1.04. The first-order valence-electron chi connectivity index (χ1n) is 4.54. The van der Waals surface area contributed by atoms with Crippen molar-refractivity contribution < 1.29 is 14.1 Å². The summed E-state index contributed by atoms with van der Waals surface area (Å²) < 4.78 is 11.7. The molecule has 0 aromatic heterocycles. The van der Waals surface area contributed by atoms with Crippen LogP contribution in [0.5, 0.6) is 0 Å². The van der Waals surface area contributed by atoms with E-state index in [0.717, 1.165) is 6.42 Å². The molecule has 0 rings (SSSR count). The minimum Gasteiger partial charge on any atom is -0.481 e. The Hall–Kier alpha value is -0.380. The molecule has 3 nitrogen and oxygen atoms in total. The van der Waals surface area contributed by atoms with Crippen LogP contribution in [0, 0.1) is 5.92 Å². The summed E-state index contributed by atoms with van der Waals surface area (Å²) in [4.78, 5) is 10.6. The molecule has 0 saturated carbocycles. The van der Waals surface area contributed by atoms with E-state index in [1.165, 1.54) is 0 Å². The molecule has 4 unspecified atom stereocenters. The Balaban J connectivity index is 4.33. The van der Waals surface area contributed by atoms with Crippen LogP contribution >= 0.6 is 0 Å². The normalized spacial score (nSPS) is 20.3. The second kappa shape index (κ2) is 5.37. The van der Waals surface area contributed by atoms with Gasteiger partial charge in [-0.15, -0.1) is 0 Å². The van der Waals surface area contributed by atoms with Gasteiger partial charge in [-0.1, -0.05) is 20.8 Å². The molecule has 1 N–H and O–H groups in total. The highest BCUT2D eigenvalue weighted by molar-refractivity contribution is 7.86. The summed E-state index contributed by atoms with van der Waals surface area (Å²) in [5.41, 5.74) is 0. The molecule has 0 aliphatic carbocycles. The van der Waals surface area contributed by atoms with Crippen LogP contribution in [-0.2, 0) is 15.6 Å². The van der Waals surface area contributed by atoms with Gasteiger partial charge in [0.15, 0.2) is 0 Å². The summed E-state index contributed by atoms with van der Waals surface area (Å²) in [6.45, 7) is 7.19. The standard InChI is InChI=1S/C9H18O3S/c1-5-6(2)13(12)8(4)7(3)9(10)11/h6-8H,5H2,1-4H3,(H,10,11). The van der Waals surface area contributed by atoms with E-state index in [1.807, 2.05) is 13.8 Å². The molecule has 0 radical (unpaired) electrons. The van der Waals surface area contributed by atoms with Crippen molar-refractivity contribution in [3.05, 3.63) is 0 Å². The first-order valence-corrected chi connectivity index (χ1v) is 5.81. The van der Waals surface area contributed by atoms with Crippen LogP contribution in [0.3, 0.4) is 0 Å². The Kier molecular flexibility index (Phi) is 5.21. The minimum atomic E-state index is -1.04. The summed E-state index contributed by atoms with van der Waals surface area (Å²) >= 11 is 0. The highest BCUT2D eigenvalue weighted by Gasteiger charge is 2.26. The van der Waals surface area contributed by atoms with Gasteiger partial charge >= 0.3 is 5.97 Å². The molecular formula is C9H18O3S. The summed E-state index contributed by atoms with van der Waals surface area (Å²) in [6.07, 6.45) is 0.823. The van der Waals surface area contributed by atoms with Crippen LogP contribution < -0.4 is 0 Å². The summed E-state index contributed by atoms with van der Waals surface area (Å²) in [5, 5.41) is 8.53. The van der Waals surface area contributed by atoms with Crippen LogP contribution in [0.15, 0.2) is 0 Å². The number of carboxylic acids is 1. The monoisotopic (exact) mass is 206 g/mol. The van der Waals surface area contributed by atoms with Gasteiger partial charge in [-0.05, 0) is 13.3 Å². The number of aliphatic carboxylic acids is 1. The molecule has 0 aromatic carbocycles. The summed E-state index contributed by atoms with van der Waals surface area (Å²) in [5.74, 6) is -1.40. The zero-order chi connectivity index (χ0) is 10.6. The Labute approximate surface area is 82.0 Å². The molecule has 4 atom stereocenters. The lowest BCUT2D eigenvalue weighted by atomic mass is 10.1. The predicted octanol–water partition coefficient (Wildman–Crippen LogP) is 1.64. The first-order chi connectivity index (χ1) is 5.91. The third-order valence-corrected chi connectivity index (χ3v) is 4.70. The van der Waals surface area contributed by atoms with E-state index in [9.17, 15) is 9.00 Å². The minimum absolute atomic E-state index is 0.0804. The smallest absolute Gasteiger partial charge is 0.307 e. The highest BCUT2D eigenvalue weighted by atomic mass is 32.2. The van der Waals surface area contributed by atoms with Gasteiger partial charge in [0, 0.05) is 21.3 Å². The maximum Gasteiger partial charge on any atom is 0.307 e. The van der Waals surface area contributed by atoms with Gasteiger partial charge in [0.05, 0.1) is 5.92 Å². The van der Waals surface area contributed by atoms with E-state index in [1.54, 1.807) is 13.8 Å². The molecule has 0 spiro atoms. The van der Waals surface area contributed by atoms with E-state index in [4.69, 9.17) is 5.11 Å². The third-order valence-electron chi connectivity index (χ3n) is 2.43. The fraction of sp³-hybridized carbons (Fsp3) is 0.889. The van der Waals surface area contributed by atoms with Crippen molar-refractivity contribution in [2.45, 2.75) is 44.6 Å². The maximum atomic E-state index is 11.7. The van der Waals surface area contributed by atoms with Crippen molar-refractivity contribution in [1.29, 1.82) is 0 Å².